The van der Waals surface area contributed by atoms with Gasteiger partial charge in [-0.15, -0.1) is 0 Å². The van der Waals surface area contributed by atoms with Gasteiger partial charge in [0.05, 0.1) is 17.2 Å². The molecule has 2 aromatic rings. The minimum atomic E-state index is -0.435. The lowest BCUT2D eigenvalue weighted by atomic mass is 9.95. The van der Waals surface area contributed by atoms with Gasteiger partial charge in [-0.3, -0.25) is 19.9 Å². The van der Waals surface area contributed by atoms with E-state index in [1.807, 2.05) is 30.3 Å². The number of fused-ring (bicyclic) bond motifs is 1. The normalized spacial score (nSPS) is 14.1. The molecule has 3 rings (SSSR count). The SMILES string of the molecule is O=C1CN=C(c2ccccc2)c2cc([N+](=O)[O-])ccc2C1. The summed E-state index contributed by atoms with van der Waals surface area (Å²) in [7, 11) is 0. The summed E-state index contributed by atoms with van der Waals surface area (Å²) >= 11 is 0. The van der Waals surface area contributed by atoms with Crippen molar-refractivity contribution in [3.05, 3.63) is 75.3 Å². The molecule has 21 heavy (non-hydrogen) atoms. The number of nitrogens with zero attached hydrogens (tertiary/aromatic N) is 2. The van der Waals surface area contributed by atoms with Crippen LogP contribution in [-0.2, 0) is 11.2 Å². The Morgan fingerprint density at radius 1 is 1.10 bits per heavy atom. The smallest absolute Gasteiger partial charge is 0.270 e. The summed E-state index contributed by atoms with van der Waals surface area (Å²) in [6, 6.07) is 14.0. The van der Waals surface area contributed by atoms with E-state index in [4.69, 9.17) is 0 Å². The molecule has 0 aromatic heterocycles. The number of hydrogen-bond acceptors (Lipinski definition) is 4. The third-order valence-electron chi connectivity index (χ3n) is 3.41. The van der Waals surface area contributed by atoms with Crippen LogP contribution in [0.25, 0.3) is 0 Å². The first-order valence-corrected chi connectivity index (χ1v) is 6.54. The summed E-state index contributed by atoms with van der Waals surface area (Å²) in [5, 5.41) is 11.0. The third-order valence-corrected chi connectivity index (χ3v) is 3.41. The molecule has 1 aliphatic rings. The maximum atomic E-state index is 11.8. The van der Waals surface area contributed by atoms with Crippen LogP contribution in [0.3, 0.4) is 0 Å². The van der Waals surface area contributed by atoms with Crippen LogP contribution in [0.1, 0.15) is 16.7 Å². The standard InChI is InChI=1S/C16H12N2O3/c19-14-8-12-6-7-13(18(20)21)9-15(12)16(17-10-14)11-4-2-1-3-5-11/h1-7,9H,8,10H2. The summed E-state index contributed by atoms with van der Waals surface area (Å²) in [5.41, 5.74) is 2.95. The van der Waals surface area contributed by atoms with E-state index >= 15 is 0 Å². The van der Waals surface area contributed by atoms with Crippen LogP contribution in [0.5, 0.6) is 0 Å². The first-order chi connectivity index (χ1) is 10.1. The molecule has 2 aromatic carbocycles. The number of rotatable bonds is 2. The van der Waals surface area contributed by atoms with Gasteiger partial charge in [0.1, 0.15) is 0 Å². The summed E-state index contributed by atoms with van der Waals surface area (Å²) in [6.07, 6.45) is 0.257. The van der Waals surface area contributed by atoms with E-state index in [-0.39, 0.29) is 24.4 Å². The number of nitro groups is 1. The molecular weight excluding hydrogens is 268 g/mol. The number of aliphatic imine (C=N–C) groups is 1. The Balaban J connectivity index is 2.20. The topological polar surface area (TPSA) is 72.6 Å². The zero-order valence-electron chi connectivity index (χ0n) is 11.2. The third kappa shape index (κ3) is 2.58. The summed E-state index contributed by atoms with van der Waals surface area (Å²) in [6.45, 7) is 0.104. The van der Waals surface area contributed by atoms with Gasteiger partial charge in [-0.25, -0.2) is 0 Å². The molecule has 0 fully saturated rings. The highest BCUT2D eigenvalue weighted by molar-refractivity contribution is 6.15. The predicted molar refractivity (Wildman–Crippen MR) is 78.8 cm³/mol. The molecule has 0 amide bonds. The fourth-order valence-electron chi connectivity index (χ4n) is 2.42. The second kappa shape index (κ2) is 5.28. The molecular formula is C16H12N2O3. The molecule has 0 bridgehead atoms. The Bertz CT molecular complexity index is 751. The van der Waals surface area contributed by atoms with Crippen molar-refractivity contribution in [2.24, 2.45) is 4.99 Å². The van der Waals surface area contributed by atoms with Crippen LogP contribution in [0.15, 0.2) is 53.5 Å². The van der Waals surface area contributed by atoms with Crippen molar-refractivity contribution in [3.63, 3.8) is 0 Å². The lowest BCUT2D eigenvalue weighted by molar-refractivity contribution is -0.384. The van der Waals surface area contributed by atoms with Gasteiger partial charge in [-0.05, 0) is 5.56 Å². The molecule has 5 nitrogen and oxygen atoms in total. The fourth-order valence-corrected chi connectivity index (χ4v) is 2.42. The number of benzene rings is 2. The van der Waals surface area contributed by atoms with E-state index in [1.54, 1.807) is 6.07 Å². The van der Waals surface area contributed by atoms with Crippen molar-refractivity contribution in [1.29, 1.82) is 0 Å². The van der Waals surface area contributed by atoms with Gasteiger partial charge in [0, 0.05) is 29.7 Å². The maximum Gasteiger partial charge on any atom is 0.270 e. The van der Waals surface area contributed by atoms with Crippen molar-refractivity contribution < 1.29 is 9.72 Å². The van der Waals surface area contributed by atoms with E-state index < -0.39 is 4.92 Å². The van der Waals surface area contributed by atoms with Crippen molar-refractivity contribution in [3.8, 4) is 0 Å². The van der Waals surface area contributed by atoms with Crippen LogP contribution < -0.4 is 0 Å². The van der Waals surface area contributed by atoms with E-state index in [2.05, 4.69) is 4.99 Å². The molecule has 0 N–H and O–H groups in total. The fraction of sp³-hybridized carbons (Fsp3) is 0.125. The van der Waals surface area contributed by atoms with E-state index in [1.165, 1.54) is 12.1 Å². The van der Waals surface area contributed by atoms with Gasteiger partial charge >= 0.3 is 0 Å². The molecule has 1 heterocycles. The van der Waals surface area contributed by atoms with Crippen LogP contribution in [0.4, 0.5) is 5.69 Å². The number of carbonyl (C=O) groups excluding carboxylic acids is 1. The second-order valence-electron chi connectivity index (χ2n) is 4.84. The van der Waals surface area contributed by atoms with Gasteiger partial charge in [-0.1, -0.05) is 36.4 Å². The van der Waals surface area contributed by atoms with Crippen molar-refractivity contribution in [2.75, 3.05) is 6.54 Å². The van der Waals surface area contributed by atoms with Gasteiger partial charge in [-0.2, -0.15) is 0 Å². The average Bonchev–Trinajstić information content (AvgIpc) is 2.65. The van der Waals surface area contributed by atoms with Gasteiger partial charge < -0.3 is 0 Å². The highest BCUT2D eigenvalue weighted by Crippen LogP contribution is 2.24. The molecule has 0 radical (unpaired) electrons. The molecule has 0 saturated carbocycles. The van der Waals surface area contributed by atoms with E-state index in [9.17, 15) is 14.9 Å². The molecule has 0 spiro atoms. The number of hydrogen-bond donors (Lipinski definition) is 0. The molecule has 1 aliphatic heterocycles. The number of Topliss-reactive ketones (excluding diaryl/α,β-unsaturated/α-hetero) is 1. The van der Waals surface area contributed by atoms with Crippen molar-refractivity contribution >= 4 is 17.2 Å². The highest BCUT2D eigenvalue weighted by atomic mass is 16.6. The Hall–Kier alpha value is -2.82. The van der Waals surface area contributed by atoms with Crippen LogP contribution in [-0.4, -0.2) is 23.0 Å². The number of carbonyl (C=O) groups is 1. The summed E-state index contributed by atoms with van der Waals surface area (Å²) in [4.78, 5) is 26.7. The van der Waals surface area contributed by atoms with Crippen LogP contribution in [0.2, 0.25) is 0 Å². The molecule has 5 heteroatoms. The number of nitro benzene ring substituents is 1. The lowest BCUT2D eigenvalue weighted by Crippen LogP contribution is -2.07. The zero-order valence-corrected chi connectivity index (χ0v) is 11.2. The first-order valence-electron chi connectivity index (χ1n) is 6.54. The first kappa shape index (κ1) is 13.2. The van der Waals surface area contributed by atoms with E-state index in [0.717, 1.165) is 11.1 Å². The summed E-state index contributed by atoms with van der Waals surface area (Å²) < 4.78 is 0. The van der Waals surface area contributed by atoms with Gasteiger partial charge in [0.15, 0.2) is 5.78 Å². The Kier molecular flexibility index (Phi) is 3.31. The van der Waals surface area contributed by atoms with Crippen molar-refractivity contribution in [2.45, 2.75) is 6.42 Å². The molecule has 0 unspecified atom stereocenters. The largest absolute Gasteiger partial charge is 0.297 e. The van der Waals surface area contributed by atoms with Crippen LogP contribution >= 0.6 is 0 Å². The van der Waals surface area contributed by atoms with Crippen LogP contribution in [0, 0.1) is 10.1 Å². The van der Waals surface area contributed by atoms with Crippen molar-refractivity contribution in [1.82, 2.24) is 0 Å². The molecule has 0 aliphatic carbocycles. The van der Waals surface area contributed by atoms with Gasteiger partial charge in [0.25, 0.3) is 5.69 Å². The molecule has 0 atom stereocenters. The lowest BCUT2D eigenvalue weighted by Gasteiger charge is -2.09. The minimum Gasteiger partial charge on any atom is -0.297 e. The van der Waals surface area contributed by atoms with Gasteiger partial charge in [0.2, 0.25) is 0 Å². The molecule has 0 saturated heterocycles. The van der Waals surface area contributed by atoms with E-state index in [0.29, 0.717) is 11.3 Å². The Morgan fingerprint density at radius 2 is 1.86 bits per heavy atom. The monoisotopic (exact) mass is 280 g/mol. The Morgan fingerprint density at radius 3 is 2.57 bits per heavy atom. The average molecular weight is 280 g/mol. The number of non-ortho nitro benzene ring substituents is 1. The summed E-state index contributed by atoms with van der Waals surface area (Å²) in [5.74, 6) is 0.0102. The number of ketones is 1. The highest BCUT2D eigenvalue weighted by Gasteiger charge is 2.21. The minimum absolute atomic E-state index is 0.00623. The molecule has 104 valence electrons. The zero-order chi connectivity index (χ0) is 14.8. The second-order valence-corrected chi connectivity index (χ2v) is 4.84. The predicted octanol–water partition coefficient (Wildman–Crippen LogP) is 2.56. The quantitative estimate of drug-likeness (QED) is 0.627. The Labute approximate surface area is 121 Å². The maximum absolute atomic E-state index is 11.8.